The summed E-state index contributed by atoms with van der Waals surface area (Å²) in [6.45, 7) is 2.26. The number of rotatable bonds is 6. The number of sulfonamides is 1. The molecule has 0 N–H and O–H groups in total. The van der Waals surface area contributed by atoms with Crippen LogP contribution in [0.4, 0.5) is 8.78 Å². The first-order valence-electron chi connectivity index (χ1n) is 10.6. The summed E-state index contributed by atoms with van der Waals surface area (Å²) in [5, 5.41) is 0. The monoisotopic (exact) mass is 471 g/mol. The lowest BCUT2D eigenvalue weighted by molar-refractivity contribution is -0.130. The van der Waals surface area contributed by atoms with Crippen molar-refractivity contribution in [3.05, 3.63) is 95.2 Å². The van der Waals surface area contributed by atoms with Gasteiger partial charge in [0.05, 0.1) is 17.4 Å². The van der Waals surface area contributed by atoms with E-state index < -0.39 is 15.8 Å². The number of amidine groups is 1. The van der Waals surface area contributed by atoms with Gasteiger partial charge in [0.25, 0.3) is 15.9 Å². The summed E-state index contributed by atoms with van der Waals surface area (Å²) in [7, 11) is -3.50. The van der Waals surface area contributed by atoms with Crippen LogP contribution in [0.5, 0.6) is 0 Å². The van der Waals surface area contributed by atoms with E-state index in [1.54, 1.807) is 40.3 Å². The van der Waals surface area contributed by atoms with Crippen LogP contribution in [0.3, 0.4) is 0 Å². The number of hydrogen-bond acceptors (Lipinski definition) is 4. The smallest absolute Gasteiger partial charge is 0.256 e. The highest BCUT2D eigenvalue weighted by atomic mass is 32.2. The number of benzene rings is 2. The quantitative estimate of drug-likeness (QED) is 0.640. The minimum Gasteiger partial charge on any atom is -0.330 e. The summed E-state index contributed by atoms with van der Waals surface area (Å²) in [5.41, 5.74) is 1.73. The SMILES string of the molecule is CCC(c1ccc(F)cc1)N(Cc1cccc(F)c1)C(=O)C1=CN2CCS(=O)(=O)N=C2C=C1. The van der Waals surface area contributed by atoms with E-state index in [9.17, 15) is 22.0 Å². The number of hydrogen-bond donors (Lipinski definition) is 0. The van der Waals surface area contributed by atoms with Crippen molar-refractivity contribution >= 4 is 21.8 Å². The van der Waals surface area contributed by atoms with Crippen LogP contribution in [0.15, 0.2) is 76.9 Å². The van der Waals surface area contributed by atoms with E-state index in [1.807, 2.05) is 6.92 Å². The van der Waals surface area contributed by atoms with Crippen LogP contribution in [0, 0.1) is 11.6 Å². The molecule has 6 nitrogen and oxygen atoms in total. The number of halogens is 2. The van der Waals surface area contributed by atoms with Crippen molar-refractivity contribution in [3.8, 4) is 0 Å². The van der Waals surface area contributed by atoms with Crippen LogP contribution in [0.25, 0.3) is 0 Å². The van der Waals surface area contributed by atoms with Gasteiger partial charge in [-0.25, -0.2) is 17.2 Å². The highest BCUT2D eigenvalue weighted by molar-refractivity contribution is 7.90. The molecule has 2 aliphatic heterocycles. The van der Waals surface area contributed by atoms with Crippen LogP contribution in [-0.4, -0.2) is 42.3 Å². The van der Waals surface area contributed by atoms with E-state index in [2.05, 4.69) is 4.40 Å². The second kappa shape index (κ2) is 9.27. The predicted octanol–water partition coefficient (Wildman–Crippen LogP) is 3.94. The Morgan fingerprint density at radius 1 is 1.12 bits per heavy atom. The Balaban J connectivity index is 1.69. The Morgan fingerprint density at radius 3 is 2.58 bits per heavy atom. The summed E-state index contributed by atoms with van der Waals surface area (Å²) in [4.78, 5) is 16.9. The van der Waals surface area contributed by atoms with Crippen molar-refractivity contribution in [1.29, 1.82) is 0 Å². The minimum atomic E-state index is -3.50. The lowest BCUT2D eigenvalue weighted by Crippen LogP contribution is -2.40. The molecule has 0 fully saturated rings. The molecule has 0 saturated heterocycles. The summed E-state index contributed by atoms with van der Waals surface area (Å²) in [6.07, 6.45) is 5.18. The summed E-state index contributed by atoms with van der Waals surface area (Å²) in [6, 6.07) is 11.6. The molecule has 0 saturated carbocycles. The molecule has 4 rings (SSSR count). The second-order valence-corrected chi connectivity index (χ2v) is 9.64. The molecule has 9 heteroatoms. The van der Waals surface area contributed by atoms with Gasteiger partial charge in [0, 0.05) is 19.3 Å². The van der Waals surface area contributed by atoms with Gasteiger partial charge in [-0.3, -0.25) is 4.79 Å². The molecule has 172 valence electrons. The fourth-order valence-electron chi connectivity index (χ4n) is 3.97. The van der Waals surface area contributed by atoms with Crippen molar-refractivity contribution in [1.82, 2.24) is 9.80 Å². The Labute approximate surface area is 191 Å². The van der Waals surface area contributed by atoms with E-state index in [0.717, 1.165) is 5.56 Å². The van der Waals surface area contributed by atoms with E-state index in [-0.39, 0.29) is 42.4 Å². The van der Waals surface area contributed by atoms with Crippen molar-refractivity contribution in [2.75, 3.05) is 12.3 Å². The minimum absolute atomic E-state index is 0.136. The van der Waals surface area contributed by atoms with Crippen LogP contribution < -0.4 is 0 Å². The van der Waals surface area contributed by atoms with Crippen LogP contribution in [0.2, 0.25) is 0 Å². The molecular formula is C24H23F2N3O3S. The highest BCUT2D eigenvalue weighted by Crippen LogP contribution is 2.29. The third-order valence-electron chi connectivity index (χ3n) is 5.59. The second-order valence-electron chi connectivity index (χ2n) is 7.89. The van der Waals surface area contributed by atoms with Crippen molar-refractivity contribution in [2.45, 2.75) is 25.9 Å². The standard InChI is InChI=1S/C24H23F2N3O3S/c1-2-22(18-6-9-20(25)10-7-18)29(15-17-4-3-5-21(26)14-17)24(30)19-8-11-23-27-33(31,32)13-12-28(23)16-19/h3-11,14,16,22H,2,12-13,15H2,1H3. The Hall–Kier alpha value is -3.33. The molecular weight excluding hydrogens is 448 g/mol. The number of nitrogens with zero attached hydrogens (tertiary/aromatic N) is 3. The van der Waals surface area contributed by atoms with Gasteiger partial charge in [0.2, 0.25) is 0 Å². The molecule has 0 radical (unpaired) electrons. The molecule has 2 heterocycles. The predicted molar refractivity (Wildman–Crippen MR) is 122 cm³/mol. The fraction of sp³-hybridized carbons (Fsp3) is 0.250. The van der Waals surface area contributed by atoms with Gasteiger partial charge in [0.1, 0.15) is 17.5 Å². The largest absolute Gasteiger partial charge is 0.330 e. The molecule has 33 heavy (non-hydrogen) atoms. The van der Waals surface area contributed by atoms with Crippen LogP contribution in [0.1, 0.15) is 30.5 Å². The zero-order valence-corrected chi connectivity index (χ0v) is 18.8. The van der Waals surface area contributed by atoms with Crippen molar-refractivity contribution in [2.24, 2.45) is 4.40 Å². The molecule has 2 aromatic rings. The summed E-state index contributed by atoms with van der Waals surface area (Å²) < 4.78 is 54.6. The normalized spacial score (nSPS) is 17.6. The third kappa shape index (κ3) is 5.19. The molecule has 0 spiro atoms. The number of fused-ring (bicyclic) bond motifs is 1. The van der Waals surface area contributed by atoms with Gasteiger partial charge in [-0.15, -0.1) is 4.40 Å². The zero-order valence-electron chi connectivity index (χ0n) is 18.0. The number of carbonyl (C=O) groups is 1. The molecule has 1 unspecified atom stereocenters. The first-order valence-corrected chi connectivity index (χ1v) is 12.2. The maximum Gasteiger partial charge on any atom is 0.256 e. The zero-order chi connectivity index (χ0) is 23.6. The highest BCUT2D eigenvalue weighted by Gasteiger charge is 2.30. The average molecular weight is 472 g/mol. The van der Waals surface area contributed by atoms with E-state index in [0.29, 0.717) is 17.6 Å². The molecule has 2 aliphatic rings. The number of carbonyl (C=O) groups excluding carboxylic acids is 1. The van der Waals surface area contributed by atoms with Gasteiger partial charge >= 0.3 is 0 Å². The van der Waals surface area contributed by atoms with Gasteiger partial charge in [-0.1, -0.05) is 31.2 Å². The van der Waals surface area contributed by atoms with Gasteiger partial charge in [-0.05, 0) is 54.0 Å². The third-order valence-corrected chi connectivity index (χ3v) is 6.76. The maximum atomic E-state index is 13.8. The molecule has 1 amide bonds. The van der Waals surface area contributed by atoms with Gasteiger partial charge in [-0.2, -0.15) is 0 Å². The van der Waals surface area contributed by atoms with Crippen LogP contribution in [-0.2, 0) is 21.4 Å². The molecule has 0 aromatic heterocycles. The van der Waals surface area contributed by atoms with E-state index >= 15 is 0 Å². The fourth-order valence-corrected chi connectivity index (χ4v) is 4.94. The van der Waals surface area contributed by atoms with Gasteiger partial charge < -0.3 is 9.80 Å². The first kappa shape index (κ1) is 22.8. The Kier molecular flexibility index (Phi) is 6.42. The molecule has 2 aromatic carbocycles. The summed E-state index contributed by atoms with van der Waals surface area (Å²) >= 11 is 0. The topological polar surface area (TPSA) is 70.1 Å². The molecule has 0 aliphatic carbocycles. The molecule has 0 bridgehead atoms. The van der Waals surface area contributed by atoms with Crippen molar-refractivity contribution < 1.29 is 22.0 Å². The Bertz CT molecular complexity index is 1250. The molecule has 1 atom stereocenters. The average Bonchev–Trinajstić information content (AvgIpc) is 2.79. The lowest BCUT2D eigenvalue weighted by Gasteiger charge is -2.34. The van der Waals surface area contributed by atoms with Crippen LogP contribution >= 0.6 is 0 Å². The summed E-state index contributed by atoms with van der Waals surface area (Å²) in [5.74, 6) is -0.954. The van der Waals surface area contributed by atoms with Gasteiger partial charge in [0.15, 0.2) is 0 Å². The Morgan fingerprint density at radius 2 is 1.88 bits per heavy atom. The van der Waals surface area contributed by atoms with E-state index in [1.165, 1.54) is 36.4 Å². The maximum absolute atomic E-state index is 13.8. The van der Waals surface area contributed by atoms with Crippen molar-refractivity contribution in [3.63, 3.8) is 0 Å². The van der Waals surface area contributed by atoms with E-state index in [4.69, 9.17) is 0 Å². The lowest BCUT2D eigenvalue weighted by atomic mass is 10.00. The number of amides is 1. The first-order chi connectivity index (χ1) is 15.8.